The molecule has 5 rings (SSSR count). The largest absolute Gasteiger partial charge is 0.497 e. The molecule has 1 unspecified atom stereocenters. The smallest absolute Gasteiger partial charge is 0.222 e. The number of nitrogens with zero attached hydrogens (tertiary/aromatic N) is 5. The van der Waals surface area contributed by atoms with E-state index < -0.39 is 6.29 Å². The SMILES string of the molecule is COc1ccc(NC2N=C(N)N=C(N3CCOCC3)N2c2ccc3ncccc3c2)cc1. The average Bonchev–Trinajstić information content (AvgIpc) is 2.84. The topological polar surface area (TPSA) is 101 Å². The number of hydrogen-bond donors (Lipinski definition) is 2. The molecule has 0 spiro atoms. The Hall–Kier alpha value is -3.85. The molecule has 0 bridgehead atoms. The quantitative estimate of drug-likeness (QED) is 0.654. The highest BCUT2D eigenvalue weighted by Gasteiger charge is 2.32. The monoisotopic (exact) mass is 431 g/mol. The van der Waals surface area contributed by atoms with Gasteiger partial charge in [0.15, 0.2) is 0 Å². The van der Waals surface area contributed by atoms with Gasteiger partial charge in [-0.2, -0.15) is 4.99 Å². The third-order valence-corrected chi connectivity index (χ3v) is 5.47. The second-order valence-electron chi connectivity index (χ2n) is 7.50. The number of ether oxygens (including phenoxy) is 2. The summed E-state index contributed by atoms with van der Waals surface area (Å²) in [4.78, 5) is 17.9. The zero-order chi connectivity index (χ0) is 21.9. The van der Waals surface area contributed by atoms with Crippen LogP contribution in [0.3, 0.4) is 0 Å². The Morgan fingerprint density at radius 2 is 1.91 bits per heavy atom. The lowest BCUT2D eigenvalue weighted by Gasteiger charge is -2.41. The van der Waals surface area contributed by atoms with E-state index in [2.05, 4.69) is 36.2 Å². The third kappa shape index (κ3) is 4.02. The van der Waals surface area contributed by atoms with Gasteiger partial charge in [-0.15, -0.1) is 0 Å². The number of aliphatic imine (C=N–C) groups is 2. The number of aromatic nitrogens is 1. The Morgan fingerprint density at radius 1 is 1.09 bits per heavy atom. The summed E-state index contributed by atoms with van der Waals surface area (Å²) in [5.74, 6) is 1.77. The maximum atomic E-state index is 6.16. The molecule has 2 aliphatic rings. The van der Waals surface area contributed by atoms with Crippen molar-refractivity contribution in [2.24, 2.45) is 15.7 Å². The van der Waals surface area contributed by atoms with E-state index in [4.69, 9.17) is 15.2 Å². The fourth-order valence-corrected chi connectivity index (χ4v) is 3.87. The van der Waals surface area contributed by atoms with E-state index in [1.807, 2.05) is 48.5 Å². The minimum atomic E-state index is -0.479. The molecule has 3 heterocycles. The van der Waals surface area contributed by atoms with Crippen molar-refractivity contribution in [1.82, 2.24) is 9.88 Å². The van der Waals surface area contributed by atoms with Gasteiger partial charge in [0, 0.05) is 36.0 Å². The predicted octanol–water partition coefficient (Wildman–Crippen LogP) is 2.46. The molecule has 2 aliphatic heterocycles. The van der Waals surface area contributed by atoms with Gasteiger partial charge < -0.3 is 25.4 Å². The number of nitrogens with two attached hydrogens (primary N) is 1. The highest BCUT2D eigenvalue weighted by Crippen LogP contribution is 2.27. The van der Waals surface area contributed by atoms with Crippen LogP contribution in [0.1, 0.15) is 0 Å². The van der Waals surface area contributed by atoms with Crippen LogP contribution in [0.5, 0.6) is 5.75 Å². The van der Waals surface area contributed by atoms with Crippen LogP contribution in [0.25, 0.3) is 10.9 Å². The van der Waals surface area contributed by atoms with Gasteiger partial charge >= 0.3 is 0 Å². The number of anilines is 2. The van der Waals surface area contributed by atoms with Crippen molar-refractivity contribution >= 4 is 34.2 Å². The van der Waals surface area contributed by atoms with Gasteiger partial charge in [-0.1, -0.05) is 6.07 Å². The lowest BCUT2D eigenvalue weighted by Crippen LogP contribution is -2.57. The molecule has 1 fully saturated rings. The van der Waals surface area contributed by atoms with E-state index in [1.165, 1.54) is 0 Å². The van der Waals surface area contributed by atoms with Crippen LogP contribution in [0.15, 0.2) is 70.8 Å². The molecular weight excluding hydrogens is 406 g/mol. The highest BCUT2D eigenvalue weighted by atomic mass is 16.5. The minimum Gasteiger partial charge on any atom is -0.497 e. The molecule has 0 aliphatic carbocycles. The number of fused-ring (bicyclic) bond motifs is 1. The van der Waals surface area contributed by atoms with Crippen molar-refractivity contribution in [3.05, 3.63) is 60.8 Å². The molecule has 3 N–H and O–H groups in total. The third-order valence-electron chi connectivity index (χ3n) is 5.47. The van der Waals surface area contributed by atoms with Crippen LogP contribution >= 0.6 is 0 Å². The summed E-state index contributed by atoms with van der Waals surface area (Å²) in [6.45, 7) is 2.74. The molecule has 1 saturated heterocycles. The van der Waals surface area contributed by atoms with Crippen LogP contribution < -0.4 is 20.7 Å². The minimum absolute atomic E-state index is 0.233. The van der Waals surface area contributed by atoms with E-state index >= 15 is 0 Å². The lowest BCUT2D eigenvalue weighted by atomic mass is 10.2. The van der Waals surface area contributed by atoms with Gasteiger partial charge in [-0.3, -0.25) is 9.88 Å². The first-order valence-corrected chi connectivity index (χ1v) is 10.5. The number of rotatable bonds is 4. The number of morpholine rings is 1. The van der Waals surface area contributed by atoms with Gasteiger partial charge in [-0.25, -0.2) is 4.99 Å². The normalized spacial score (nSPS) is 18.8. The number of hydrogen-bond acceptors (Lipinski definition) is 9. The molecule has 3 aromatic rings. The Bertz CT molecular complexity index is 1160. The maximum Gasteiger partial charge on any atom is 0.222 e. The van der Waals surface area contributed by atoms with Crippen LogP contribution in [-0.2, 0) is 4.74 Å². The van der Waals surface area contributed by atoms with E-state index in [1.54, 1.807) is 13.3 Å². The summed E-state index contributed by atoms with van der Waals surface area (Å²) < 4.78 is 10.8. The first-order valence-electron chi connectivity index (χ1n) is 10.5. The molecule has 9 nitrogen and oxygen atoms in total. The van der Waals surface area contributed by atoms with E-state index in [0.717, 1.165) is 47.1 Å². The van der Waals surface area contributed by atoms with Crippen molar-refractivity contribution in [3.8, 4) is 5.75 Å². The van der Waals surface area contributed by atoms with Gasteiger partial charge in [-0.05, 0) is 48.5 Å². The molecule has 0 saturated carbocycles. The highest BCUT2D eigenvalue weighted by molar-refractivity contribution is 6.06. The number of nitrogens with one attached hydrogen (secondary N) is 1. The standard InChI is InChI=1S/C23H25N7O2/c1-31-19-7-4-17(5-8-19)26-22-27-21(24)28-23(29-11-13-32-14-12-29)30(22)18-6-9-20-16(15-18)3-2-10-25-20/h2-10,15,22,26H,11-14H2,1H3,(H2,24,27). The zero-order valence-corrected chi connectivity index (χ0v) is 17.8. The summed E-state index contributed by atoms with van der Waals surface area (Å²) in [5.41, 5.74) is 8.93. The van der Waals surface area contributed by atoms with Crippen LogP contribution in [0.2, 0.25) is 0 Å². The van der Waals surface area contributed by atoms with E-state index in [0.29, 0.717) is 13.2 Å². The molecule has 2 aromatic carbocycles. The summed E-state index contributed by atoms with van der Waals surface area (Å²) in [7, 11) is 1.65. The van der Waals surface area contributed by atoms with Crippen molar-refractivity contribution in [1.29, 1.82) is 0 Å². The van der Waals surface area contributed by atoms with Crippen LogP contribution in [0, 0.1) is 0 Å². The second-order valence-corrected chi connectivity index (χ2v) is 7.50. The molecule has 32 heavy (non-hydrogen) atoms. The van der Waals surface area contributed by atoms with Gasteiger partial charge in [0.05, 0.1) is 25.8 Å². The Kier molecular flexibility index (Phi) is 5.47. The first-order chi connectivity index (χ1) is 15.7. The number of methoxy groups -OCH3 is 1. The van der Waals surface area contributed by atoms with Crippen molar-refractivity contribution in [3.63, 3.8) is 0 Å². The van der Waals surface area contributed by atoms with Crippen molar-refractivity contribution < 1.29 is 9.47 Å². The van der Waals surface area contributed by atoms with Crippen LogP contribution in [-0.4, -0.2) is 61.5 Å². The summed E-state index contributed by atoms with van der Waals surface area (Å²) in [6.07, 6.45) is 1.32. The second kappa shape index (κ2) is 8.72. The molecular formula is C23H25N7O2. The summed E-state index contributed by atoms with van der Waals surface area (Å²) in [5, 5.41) is 4.52. The average molecular weight is 432 g/mol. The number of guanidine groups is 2. The maximum absolute atomic E-state index is 6.16. The van der Waals surface area contributed by atoms with E-state index in [9.17, 15) is 0 Å². The number of benzene rings is 2. The Labute approximate surface area is 186 Å². The summed E-state index contributed by atoms with van der Waals surface area (Å²) in [6, 6.07) is 17.8. The van der Waals surface area contributed by atoms with Gasteiger partial charge in [0.2, 0.25) is 18.2 Å². The zero-order valence-electron chi connectivity index (χ0n) is 17.8. The molecule has 9 heteroatoms. The van der Waals surface area contributed by atoms with E-state index in [-0.39, 0.29) is 5.96 Å². The molecule has 1 aromatic heterocycles. The molecule has 1 atom stereocenters. The Balaban J connectivity index is 1.55. The fourth-order valence-electron chi connectivity index (χ4n) is 3.87. The van der Waals surface area contributed by atoms with Gasteiger partial charge in [0.25, 0.3) is 0 Å². The van der Waals surface area contributed by atoms with Gasteiger partial charge in [0.1, 0.15) is 5.75 Å². The van der Waals surface area contributed by atoms with Crippen LogP contribution in [0.4, 0.5) is 11.4 Å². The molecule has 0 radical (unpaired) electrons. The summed E-state index contributed by atoms with van der Waals surface area (Å²) >= 11 is 0. The molecule has 0 amide bonds. The number of pyridine rings is 1. The fraction of sp³-hybridized carbons (Fsp3) is 0.261. The predicted molar refractivity (Wildman–Crippen MR) is 126 cm³/mol. The lowest BCUT2D eigenvalue weighted by molar-refractivity contribution is 0.0671. The van der Waals surface area contributed by atoms with Crippen molar-refractivity contribution in [2.75, 3.05) is 43.6 Å². The van der Waals surface area contributed by atoms with Crippen molar-refractivity contribution in [2.45, 2.75) is 6.29 Å². The Morgan fingerprint density at radius 3 is 2.69 bits per heavy atom. The molecule has 164 valence electrons. The first kappa shape index (κ1) is 20.1.